The van der Waals surface area contributed by atoms with Crippen LogP contribution in [0.5, 0.6) is 0 Å². The SMILES string of the molecule is O=S(=O)(C1CC1)n1cc(-c2nccc(Nc3cc(NCC4(CO)COC4)c(-c4cccc(F)n4)cn3)n2)cn1. The van der Waals surface area contributed by atoms with Gasteiger partial charge in [0, 0.05) is 36.3 Å². The minimum absolute atomic E-state index is 0.0357. The normalized spacial score (nSPS) is 16.5. The van der Waals surface area contributed by atoms with Crippen molar-refractivity contribution >= 4 is 27.3 Å². The summed E-state index contributed by atoms with van der Waals surface area (Å²) in [6.45, 7) is 1.26. The van der Waals surface area contributed by atoms with Crippen LogP contribution in [-0.4, -0.2) is 74.3 Å². The van der Waals surface area contributed by atoms with Crippen LogP contribution in [0.3, 0.4) is 0 Å². The molecule has 14 heteroatoms. The Morgan fingerprint density at radius 2 is 1.97 bits per heavy atom. The minimum Gasteiger partial charge on any atom is -0.396 e. The van der Waals surface area contributed by atoms with Crippen LogP contribution >= 0.6 is 0 Å². The predicted molar refractivity (Wildman–Crippen MR) is 140 cm³/mol. The number of nitrogens with zero attached hydrogens (tertiary/aromatic N) is 6. The minimum atomic E-state index is -3.50. The average Bonchev–Trinajstić information content (AvgIpc) is 3.66. The van der Waals surface area contributed by atoms with E-state index in [4.69, 9.17) is 4.74 Å². The van der Waals surface area contributed by atoms with Crippen molar-refractivity contribution in [1.29, 1.82) is 0 Å². The summed E-state index contributed by atoms with van der Waals surface area (Å²) in [4.78, 5) is 17.2. The first-order chi connectivity index (χ1) is 18.8. The molecule has 12 nitrogen and oxygen atoms in total. The number of hydrogen-bond acceptors (Lipinski definition) is 11. The molecule has 0 atom stereocenters. The maximum atomic E-state index is 13.9. The average molecular weight is 553 g/mol. The first-order valence-corrected chi connectivity index (χ1v) is 13.8. The Kier molecular flexibility index (Phi) is 6.45. The first-order valence-electron chi connectivity index (χ1n) is 12.3. The van der Waals surface area contributed by atoms with E-state index in [9.17, 15) is 17.9 Å². The Morgan fingerprint density at radius 1 is 1.13 bits per heavy atom. The summed E-state index contributed by atoms with van der Waals surface area (Å²) in [6.07, 6.45) is 7.23. The topological polar surface area (TPSA) is 157 Å². The van der Waals surface area contributed by atoms with Crippen LogP contribution in [0.2, 0.25) is 0 Å². The molecule has 2 aliphatic rings. The zero-order chi connectivity index (χ0) is 27.0. The molecule has 6 rings (SSSR count). The summed E-state index contributed by atoms with van der Waals surface area (Å²) in [5, 5.41) is 19.9. The zero-order valence-electron chi connectivity index (χ0n) is 20.7. The molecule has 3 N–H and O–H groups in total. The molecule has 0 spiro atoms. The second-order valence-electron chi connectivity index (χ2n) is 9.70. The third-order valence-electron chi connectivity index (χ3n) is 6.64. The molecule has 2 fully saturated rings. The van der Waals surface area contributed by atoms with Gasteiger partial charge in [-0.15, -0.1) is 0 Å². The Bertz CT molecular complexity index is 1620. The van der Waals surface area contributed by atoms with Crippen molar-refractivity contribution < 1.29 is 22.7 Å². The van der Waals surface area contributed by atoms with E-state index >= 15 is 0 Å². The summed E-state index contributed by atoms with van der Waals surface area (Å²) in [7, 11) is -3.50. The lowest BCUT2D eigenvalue weighted by molar-refractivity contribution is -0.128. The molecule has 1 aliphatic heterocycles. The summed E-state index contributed by atoms with van der Waals surface area (Å²) >= 11 is 0. The van der Waals surface area contributed by atoms with Gasteiger partial charge in [0.2, 0.25) is 5.95 Å². The number of aliphatic hydroxyl groups excluding tert-OH is 1. The van der Waals surface area contributed by atoms with Gasteiger partial charge in [-0.05, 0) is 31.0 Å². The molecule has 202 valence electrons. The summed E-state index contributed by atoms with van der Waals surface area (Å²) in [5.41, 5.74) is 1.68. The molecular weight excluding hydrogens is 527 g/mol. The van der Waals surface area contributed by atoms with E-state index in [2.05, 4.69) is 35.7 Å². The Morgan fingerprint density at radius 3 is 2.69 bits per heavy atom. The molecule has 4 aromatic rings. The fraction of sp³-hybridized carbons (Fsp3) is 0.320. The third-order valence-corrected chi connectivity index (χ3v) is 8.67. The van der Waals surface area contributed by atoms with Crippen molar-refractivity contribution in [2.24, 2.45) is 5.41 Å². The number of ether oxygens (including phenoxy) is 1. The molecular formula is C25H25FN8O4S. The van der Waals surface area contributed by atoms with Gasteiger partial charge in [0.1, 0.15) is 11.6 Å². The summed E-state index contributed by atoms with van der Waals surface area (Å²) < 4.78 is 45.1. The van der Waals surface area contributed by atoms with Gasteiger partial charge >= 0.3 is 0 Å². The van der Waals surface area contributed by atoms with E-state index < -0.39 is 21.4 Å². The standard InChI is InChI=1S/C25H25FN8O4S/c26-21-3-1-2-19(31-21)18-10-28-23(8-20(18)29-12-25(13-35)14-38-15-25)32-22-6-7-27-24(33-22)16-9-30-34(11-16)39(36,37)17-4-5-17/h1-3,6-11,17,35H,4-5,12-15H2,(H2,27,28,29,32,33). The third kappa shape index (κ3) is 5.17. The van der Waals surface area contributed by atoms with Crippen molar-refractivity contribution in [2.75, 3.05) is 37.0 Å². The molecule has 0 radical (unpaired) electrons. The van der Waals surface area contributed by atoms with Crippen LogP contribution < -0.4 is 10.6 Å². The number of pyridine rings is 2. The van der Waals surface area contributed by atoms with Crippen LogP contribution in [0.15, 0.2) is 55.1 Å². The van der Waals surface area contributed by atoms with Gasteiger partial charge < -0.3 is 20.5 Å². The van der Waals surface area contributed by atoms with E-state index in [-0.39, 0.29) is 11.9 Å². The highest BCUT2D eigenvalue weighted by Crippen LogP contribution is 2.33. The lowest BCUT2D eigenvalue weighted by atomic mass is 9.87. The Labute approximate surface area is 223 Å². The number of hydrogen-bond donors (Lipinski definition) is 3. The van der Waals surface area contributed by atoms with Crippen LogP contribution in [0.4, 0.5) is 21.7 Å². The summed E-state index contributed by atoms with van der Waals surface area (Å²) in [5.74, 6) is 0.553. The second-order valence-corrected chi connectivity index (χ2v) is 11.8. The van der Waals surface area contributed by atoms with Crippen molar-refractivity contribution in [3.8, 4) is 22.6 Å². The van der Waals surface area contributed by atoms with Crippen molar-refractivity contribution in [2.45, 2.75) is 18.1 Å². The van der Waals surface area contributed by atoms with Crippen molar-refractivity contribution in [3.05, 3.63) is 61.1 Å². The van der Waals surface area contributed by atoms with E-state index in [1.807, 2.05) is 0 Å². The number of aliphatic hydroxyl groups is 1. The van der Waals surface area contributed by atoms with E-state index in [1.165, 1.54) is 18.5 Å². The van der Waals surface area contributed by atoms with Crippen LogP contribution in [0.1, 0.15) is 12.8 Å². The van der Waals surface area contributed by atoms with Gasteiger partial charge in [-0.2, -0.15) is 13.6 Å². The van der Waals surface area contributed by atoms with Gasteiger partial charge in [0.15, 0.2) is 5.82 Å². The highest BCUT2D eigenvalue weighted by Gasteiger charge is 2.38. The Balaban J connectivity index is 1.26. The van der Waals surface area contributed by atoms with Gasteiger partial charge in [-0.1, -0.05) is 6.07 Å². The van der Waals surface area contributed by atoms with Gasteiger partial charge in [-0.25, -0.2) is 28.4 Å². The smallest absolute Gasteiger partial charge is 0.256 e. The quantitative estimate of drug-likeness (QED) is 0.248. The number of anilines is 3. The highest BCUT2D eigenvalue weighted by molar-refractivity contribution is 7.90. The van der Waals surface area contributed by atoms with Gasteiger partial charge in [0.25, 0.3) is 10.0 Å². The predicted octanol–water partition coefficient (Wildman–Crippen LogP) is 2.44. The number of rotatable bonds is 10. The van der Waals surface area contributed by atoms with Gasteiger partial charge in [-0.3, -0.25) is 0 Å². The summed E-state index contributed by atoms with van der Waals surface area (Å²) in [6, 6.07) is 7.92. The van der Waals surface area contributed by atoms with Crippen LogP contribution in [0.25, 0.3) is 22.6 Å². The number of halogens is 1. The molecule has 1 aliphatic carbocycles. The largest absolute Gasteiger partial charge is 0.396 e. The molecule has 0 bridgehead atoms. The van der Waals surface area contributed by atoms with Crippen LogP contribution in [0, 0.1) is 11.4 Å². The van der Waals surface area contributed by atoms with Crippen molar-refractivity contribution in [1.82, 2.24) is 29.1 Å². The highest BCUT2D eigenvalue weighted by atomic mass is 32.2. The fourth-order valence-electron chi connectivity index (χ4n) is 4.13. The number of nitrogens with one attached hydrogen (secondary N) is 2. The fourth-order valence-corrected chi connectivity index (χ4v) is 5.61. The molecule has 4 aromatic heterocycles. The lowest BCUT2D eigenvalue weighted by Gasteiger charge is -2.40. The van der Waals surface area contributed by atoms with E-state index in [1.54, 1.807) is 36.7 Å². The second kappa shape index (κ2) is 9.94. The first kappa shape index (κ1) is 25.3. The van der Waals surface area contributed by atoms with E-state index in [0.29, 0.717) is 72.6 Å². The molecule has 0 aromatic carbocycles. The lowest BCUT2D eigenvalue weighted by Crippen LogP contribution is -2.50. The van der Waals surface area contributed by atoms with Crippen LogP contribution in [-0.2, 0) is 14.8 Å². The molecule has 39 heavy (non-hydrogen) atoms. The maximum absolute atomic E-state index is 13.9. The molecule has 0 amide bonds. The van der Waals surface area contributed by atoms with Crippen molar-refractivity contribution in [3.63, 3.8) is 0 Å². The maximum Gasteiger partial charge on any atom is 0.256 e. The molecule has 1 saturated carbocycles. The number of aromatic nitrogens is 6. The zero-order valence-corrected chi connectivity index (χ0v) is 21.5. The molecule has 1 saturated heterocycles. The van der Waals surface area contributed by atoms with Gasteiger partial charge in [0.05, 0.1) is 54.1 Å². The monoisotopic (exact) mass is 552 g/mol. The Hall–Kier alpha value is -4.01. The molecule has 0 unspecified atom stereocenters. The molecule has 5 heterocycles. The van der Waals surface area contributed by atoms with E-state index in [0.717, 1.165) is 4.09 Å².